The molecule has 0 aliphatic rings. The number of hydrogen-bond donors (Lipinski definition) is 3. The summed E-state index contributed by atoms with van der Waals surface area (Å²) in [6.45, 7) is -1.80. The minimum Gasteiger partial charge on any atom is -0.390 e. The van der Waals surface area contributed by atoms with Gasteiger partial charge in [0.2, 0.25) is 0 Å². The third kappa shape index (κ3) is 3.18. The standard InChI is InChI=1S/C7H11F2N3OS2/c1-14-4-5(10)12-15-6(4)11-2-7(8,9)3-13/h11,13H,2-3H2,1H3,(H2,10,12). The Morgan fingerprint density at radius 3 is 2.87 bits per heavy atom. The van der Waals surface area contributed by atoms with Crippen molar-refractivity contribution in [2.75, 3.05) is 30.5 Å². The number of nitrogens with zero attached hydrogens (tertiary/aromatic N) is 1. The van der Waals surface area contributed by atoms with Gasteiger partial charge in [-0.3, -0.25) is 0 Å². The Labute approximate surface area is 94.0 Å². The molecular weight excluding hydrogens is 244 g/mol. The zero-order valence-corrected chi connectivity index (χ0v) is 9.59. The highest BCUT2D eigenvalue weighted by Gasteiger charge is 2.28. The van der Waals surface area contributed by atoms with Crippen LogP contribution in [0.5, 0.6) is 0 Å². The van der Waals surface area contributed by atoms with Crippen molar-refractivity contribution in [1.29, 1.82) is 0 Å². The molecule has 0 unspecified atom stereocenters. The summed E-state index contributed by atoms with van der Waals surface area (Å²) in [5.41, 5.74) is 5.53. The van der Waals surface area contributed by atoms with Gasteiger partial charge in [-0.15, -0.1) is 11.8 Å². The highest BCUT2D eigenvalue weighted by atomic mass is 32.2. The summed E-state index contributed by atoms with van der Waals surface area (Å²) in [5, 5.41) is 11.4. The molecule has 0 saturated carbocycles. The molecule has 0 fully saturated rings. The SMILES string of the molecule is CSc1c(N)nsc1NCC(F)(F)CO. The average molecular weight is 255 g/mol. The van der Waals surface area contributed by atoms with Crippen LogP contribution >= 0.6 is 23.3 Å². The van der Waals surface area contributed by atoms with E-state index in [-0.39, 0.29) is 0 Å². The Balaban J connectivity index is 2.65. The van der Waals surface area contributed by atoms with E-state index in [4.69, 9.17) is 10.8 Å². The number of anilines is 2. The van der Waals surface area contributed by atoms with E-state index in [1.165, 1.54) is 11.8 Å². The summed E-state index contributed by atoms with van der Waals surface area (Å²) in [6.07, 6.45) is 1.79. The first-order valence-electron chi connectivity index (χ1n) is 4.02. The van der Waals surface area contributed by atoms with Crippen LogP contribution in [0.1, 0.15) is 0 Å². The average Bonchev–Trinajstić information content (AvgIpc) is 2.56. The van der Waals surface area contributed by atoms with Crippen LogP contribution < -0.4 is 11.1 Å². The van der Waals surface area contributed by atoms with Gasteiger partial charge in [-0.05, 0) is 17.8 Å². The van der Waals surface area contributed by atoms with Crippen LogP contribution in [0.25, 0.3) is 0 Å². The van der Waals surface area contributed by atoms with Crippen molar-refractivity contribution in [3.63, 3.8) is 0 Å². The van der Waals surface area contributed by atoms with Crippen LogP contribution in [0.2, 0.25) is 0 Å². The summed E-state index contributed by atoms with van der Waals surface area (Å²) < 4.78 is 29.3. The van der Waals surface area contributed by atoms with Crippen molar-refractivity contribution < 1.29 is 13.9 Å². The predicted octanol–water partition coefficient (Wildman–Crippen LogP) is 1.49. The largest absolute Gasteiger partial charge is 0.390 e. The summed E-state index contributed by atoms with van der Waals surface area (Å²) >= 11 is 2.37. The summed E-state index contributed by atoms with van der Waals surface area (Å²) in [7, 11) is 0. The molecule has 0 aliphatic heterocycles. The molecule has 0 radical (unpaired) electrons. The highest BCUT2D eigenvalue weighted by molar-refractivity contribution is 7.99. The van der Waals surface area contributed by atoms with E-state index in [0.717, 1.165) is 11.5 Å². The molecule has 1 heterocycles. The van der Waals surface area contributed by atoms with Crippen LogP contribution in [0.15, 0.2) is 4.90 Å². The lowest BCUT2D eigenvalue weighted by molar-refractivity contribution is -0.0372. The number of halogens is 2. The zero-order chi connectivity index (χ0) is 11.5. The first-order chi connectivity index (χ1) is 7.00. The van der Waals surface area contributed by atoms with E-state index in [0.29, 0.717) is 15.7 Å². The van der Waals surface area contributed by atoms with Crippen molar-refractivity contribution in [2.24, 2.45) is 0 Å². The van der Waals surface area contributed by atoms with Crippen molar-refractivity contribution >= 4 is 34.1 Å². The van der Waals surface area contributed by atoms with Gasteiger partial charge in [0.15, 0.2) is 5.82 Å². The molecule has 4 nitrogen and oxygen atoms in total. The number of hydrogen-bond acceptors (Lipinski definition) is 6. The minimum atomic E-state index is -3.13. The van der Waals surface area contributed by atoms with Gasteiger partial charge in [0.05, 0.1) is 11.4 Å². The Kier molecular flexibility index (Phi) is 4.12. The first kappa shape index (κ1) is 12.5. The number of nitrogen functional groups attached to an aromatic ring is 1. The molecule has 1 aromatic heterocycles. The number of aliphatic hydroxyl groups is 1. The number of nitrogens with two attached hydrogens (primary N) is 1. The van der Waals surface area contributed by atoms with Gasteiger partial charge in [-0.25, -0.2) is 8.78 Å². The minimum absolute atomic E-state index is 0.335. The summed E-state index contributed by atoms with van der Waals surface area (Å²) in [6, 6.07) is 0. The third-order valence-electron chi connectivity index (χ3n) is 1.62. The number of rotatable bonds is 5. The second-order valence-corrected chi connectivity index (χ2v) is 4.39. The Bertz CT molecular complexity index is 332. The number of aromatic nitrogens is 1. The number of aliphatic hydroxyl groups excluding tert-OH is 1. The fraction of sp³-hybridized carbons (Fsp3) is 0.571. The quantitative estimate of drug-likeness (QED) is 0.695. The van der Waals surface area contributed by atoms with Crippen LogP contribution in [0.3, 0.4) is 0 Å². The first-order valence-corrected chi connectivity index (χ1v) is 6.01. The Morgan fingerprint density at radius 1 is 1.67 bits per heavy atom. The van der Waals surface area contributed by atoms with Crippen molar-refractivity contribution in [3.05, 3.63) is 0 Å². The van der Waals surface area contributed by atoms with E-state index in [9.17, 15) is 8.78 Å². The van der Waals surface area contributed by atoms with Gasteiger partial charge in [0.25, 0.3) is 5.92 Å². The van der Waals surface area contributed by atoms with Crippen molar-refractivity contribution in [1.82, 2.24) is 4.37 Å². The second-order valence-electron chi connectivity index (χ2n) is 2.80. The molecule has 1 rings (SSSR count). The van der Waals surface area contributed by atoms with Crippen LogP contribution in [0, 0.1) is 0 Å². The molecule has 0 aromatic carbocycles. The number of thioether (sulfide) groups is 1. The zero-order valence-electron chi connectivity index (χ0n) is 7.96. The van der Waals surface area contributed by atoms with E-state index in [2.05, 4.69) is 9.69 Å². The lowest BCUT2D eigenvalue weighted by Gasteiger charge is -2.14. The number of alkyl halides is 2. The molecule has 0 atom stereocenters. The van der Waals surface area contributed by atoms with Crippen molar-refractivity contribution in [2.45, 2.75) is 10.8 Å². The van der Waals surface area contributed by atoms with Gasteiger partial charge in [-0.1, -0.05) is 0 Å². The van der Waals surface area contributed by atoms with E-state index in [1.807, 2.05) is 0 Å². The summed E-state index contributed by atoms with van der Waals surface area (Å²) in [5.74, 6) is -2.80. The summed E-state index contributed by atoms with van der Waals surface area (Å²) in [4.78, 5) is 0.661. The van der Waals surface area contributed by atoms with E-state index in [1.54, 1.807) is 6.26 Å². The van der Waals surface area contributed by atoms with Crippen molar-refractivity contribution in [3.8, 4) is 0 Å². The fourth-order valence-corrected chi connectivity index (χ4v) is 2.41. The van der Waals surface area contributed by atoms with Crippen LogP contribution in [-0.4, -0.2) is 34.8 Å². The van der Waals surface area contributed by atoms with E-state index < -0.39 is 19.1 Å². The maximum absolute atomic E-state index is 12.7. The molecule has 0 spiro atoms. The Morgan fingerprint density at radius 2 is 2.33 bits per heavy atom. The lowest BCUT2D eigenvalue weighted by Crippen LogP contribution is -2.30. The molecule has 86 valence electrons. The lowest BCUT2D eigenvalue weighted by atomic mass is 10.3. The van der Waals surface area contributed by atoms with Gasteiger partial charge in [0.1, 0.15) is 11.6 Å². The molecule has 15 heavy (non-hydrogen) atoms. The molecule has 0 bridgehead atoms. The maximum Gasteiger partial charge on any atom is 0.287 e. The molecule has 0 aliphatic carbocycles. The monoisotopic (exact) mass is 255 g/mol. The molecule has 0 saturated heterocycles. The normalized spacial score (nSPS) is 11.7. The van der Waals surface area contributed by atoms with Gasteiger partial charge >= 0.3 is 0 Å². The van der Waals surface area contributed by atoms with Gasteiger partial charge in [-0.2, -0.15) is 4.37 Å². The Hall–Kier alpha value is -0.600. The second kappa shape index (κ2) is 4.95. The maximum atomic E-state index is 12.7. The van der Waals surface area contributed by atoms with Gasteiger partial charge < -0.3 is 16.2 Å². The molecule has 1 aromatic rings. The van der Waals surface area contributed by atoms with Crippen LogP contribution in [-0.2, 0) is 0 Å². The number of nitrogens with one attached hydrogen (secondary N) is 1. The smallest absolute Gasteiger partial charge is 0.287 e. The third-order valence-corrected chi connectivity index (χ3v) is 3.39. The van der Waals surface area contributed by atoms with E-state index >= 15 is 0 Å². The highest BCUT2D eigenvalue weighted by Crippen LogP contribution is 2.34. The van der Waals surface area contributed by atoms with Gasteiger partial charge in [0, 0.05) is 0 Å². The molecule has 8 heteroatoms. The topological polar surface area (TPSA) is 71.2 Å². The molecular formula is C7H11F2N3OS2. The molecule has 4 N–H and O–H groups in total. The predicted molar refractivity (Wildman–Crippen MR) is 58.8 cm³/mol. The fourth-order valence-electron chi connectivity index (χ4n) is 0.869. The molecule has 0 amide bonds. The van der Waals surface area contributed by atoms with Crippen LogP contribution in [0.4, 0.5) is 19.6 Å².